The summed E-state index contributed by atoms with van der Waals surface area (Å²) in [4.78, 5) is 0. The minimum absolute atomic E-state index is 0.155. The van der Waals surface area contributed by atoms with Crippen molar-refractivity contribution in [2.45, 2.75) is 45.1 Å². The lowest BCUT2D eigenvalue weighted by atomic mass is 10.0. The normalized spacial score (nSPS) is 13.5. The molecule has 0 radical (unpaired) electrons. The molecule has 1 aromatic rings. The molecule has 0 saturated carbocycles. The maximum absolute atomic E-state index is 12.9. The van der Waals surface area contributed by atoms with Crippen molar-refractivity contribution < 1.29 is 13.9 Å². The molecule has 0 saturated heterocycles. The van der Waals surface area contributed by atoms with Crippen LogP contribution in [0.15, 0.2) is 24.3 Å². The third-order valence-corrected chi connectivity index (χ3v) is 3.20. The molecule has 0 fully saturated rings. The minimum Gasteiger partial charge on any atom is -0.390 e. The van der Waals surface area contributed by atoms with Gasteiger partial charge in [-0.2, -0.15) is 0 Å². The van der Waals surface area contributed by atoms with Crippen molar-refractivity contribution in [1.82, 2.24) is 5.32 Å². The number of aliphatic hydroxyl groups excluding tert-OH is 1. The maximum atomic E-state index is 12.9. The summed E-state index contributed by atoms with van der Waals surface area (Å²) in [7, 11) is 0. The molecule has 4 heteroatoms. The number of aliphatic hydroxyl groups is 1. The highest BCUT2D eigenvalue weighted by Crippen LogP contribution is 2.17. The molecule has 0 aliphatic heterocycles. The Labute approximate surface area is 113 Å². The summed E-state index contributed by atoms with van der Waals surface area (Å²) in [5, 5.41) is 11.2. The fourth-order valence-corrected chi connectivity index (χ4v) is 1.83. The quantitative estimate of drug-likeness (QED) is 0.760. The van der Waals surface area contributed by atoms with E-state index in [-0.39, 0.29) is 6.04 Å². The zero-order valence-electron chi connectivity index (χ0n) is 11.6. The first-order valence-corrected chi connectivity index (χ1v) is 6.79. The Balaban J connectivity index is 2.50. The van der Waals surface area contributed by atoms with Crippen molar-refractivity contribution in [3.05, 3.63) is 35.4 Å². The standard InChI is InChI=1S/C15H23F2NO/c1-3-4-5-13-6-8-14(9-7-13)12(2)18-10-15(16,17)11-19/h6-9,12,18-19H,3-5,10-11H2,1-2H3. The van der Waals surface area contributed by atoms with Crippen molar-refractivity contribution in [2.75, 3.05) is 13.2 Å². The van der Waals surface area contributed by atoms with E-state index < -0.39 is 19.1 Å². The molecule has 1 atom stereocenters. The van der Waals surface area contributed by atoms with Gasteiger partial charge < -0.3 is 10.4 Å². The summed E-state index contributed by atoms with van der Waals surface area (Å²) in [6.45, 7) is 2.36. The number of halogens is 2. The lowest BCUT2D eigenvalue weighted by Gasteiger charge is -2.19. The maximum Gasteiger partial charge on any atom is 0.282 e. The summed E-state index contributed by atoms with van der Waals surface area (Å²) < 4.78 is 25.8. The molecule has 0 spiro atoms. The number of aryl methyl sites for hydroxylation is 1. The van der Waals surface area contributed by atoms with Gasteiger partial charge in [0.05, 0.1) is 6.54 Å². The van der Waals surface area contributed by atoms with E-state index in [2.05, 4.69) is 12.2 Å². The Morgan fingerprint density at radius 2 is 1.89 bits per heavy atom. The summed E-state index contributed by atoms with van der Waals surface area (Å²) in [6.07, 6.45) is 3.38. The van der Waals surface area contributed by atoms with Crippen LogP contribution in [0.2, 0.25) is 0 Å². The third-order valence-electron chi connectivity index (χ3n) is 3.20. The number of hydrogen-bond acceptors (Lipinski definition) is 2. The zero-order valence-corrected chi connectivity index (χ0v) is 11.6. The van der Waals surface area contributed by atoms with Crippen molar-refractivity contribution in [3.63, 3.8) is 0 Å². The topological polar surface area (TPSA) is 32.3 Å². The fourth-order valence-electron chi connectivity index (χ4n) is 1.83. The molecule has 0 aliphatic rings. The van der Waals surface area contributed by atoms with Crippen LogP contribution in [0.25, 0.3) is 0 Å². The SMILES string of the molecule is CCCCc1ccc(C(C)NCC(F)(F)CO)cc1. The average Bonchev–Trinajstić information content (AvgIpc) is 2.43. The van der Waals surface area contributed by atoms with Gasteiger partial charge in [-0.3, -0.25) is 0 Å². The van der Waals surface area contributed by atoms with Gasteiger partial charge in [0.15, 0.2) is 0 Å². The summed E-state index contributed by atoms with van der Waals surface area (Å²) >= 11 is 0. The summed E-state index contributed by atoms with van der Waals surface area (Å²) in [5.74, 6) is -3.06. The highest BCUT2D eigenvalue weighted by molar-refractivity contribution is 5.24. The van der Waals surface area contributed by atoms with E-state index in [9.17, 15) is 8.78 Å². The number of hydrogen-bond donors (Lipinski definition) is 2. The summed E-state index contributed by atoms with van der Waals surface area (Å²) in [5.41, 5.74) is 2.26. The third kappa shape index (κ3) is 5.66. The summed E-state index contributed by atoms with van der Waals surface area (Å²) in [6, 6.07) is 7.89. The van der Waals surface area contributed by atoms with E-state index in [1.807, 2.05) is 31.2 Å². The van der Waals surface area contributed by atoms with Crippen LogP contribution in [-0.2, 0) is 6.42 Å². The van der Waals surface area contributed by atoms with Gasteiger partial charge in [0, 0.05) is 6.04 Å². The molecule has 0 aromatic heterocycles. The van der Waals surface area contributed by atoms with Gasteiger partial charge in [-0.15, -0.1) is 0 Å². The zero-order chi connectivity index (χ0) is 14.3. The molecule has 0 bridgehead atoms. The van der Waals surface area contributed by atoms with Crippen LogP contribution in [0.1, 0.15) is 43.9 Å². The lowest BCUT2D eigenvalue weighted by Crippen LogP contribution is -2.37. The van der Waals surface area contributed by atoms with Crippen LogP contribution in [0, 0.1) is 0 Å². The molecule has 1 unspecified atom stereocenters. The molecule has 1 aromatic carbocycles. The average molecular weight is 271 g/mol. The van der Waals surface area contributed by atoms with Gasteiger partial charge >= 0.3 is 0 Å². The predicted octanol–water partition coefficient (Wildman–Crippen LogP) is 3.31. The van der Waals surface area contributed by atoms with E-state index in [0.717, 1.165) is 24.8 Å². The van der Waals surface area contributed by atoms with Crippen molar-refractivity contribution in [3.8, 4) is 0 Å². The molecule has 19 heavy (non-hydrogen) atoms. The van der Waals surface area contributed by atoms with Crippen LogP contribution >= 0.6 is 0 Å². The molecule has 0 amide bonds. The predicted molar refractivity (Wildman–Crippen MR) is 73.5 cm³/mol. The van der Waals surface area contributed by atoms with Gasteiger partial charge in [0.25, 0.3) is 5.92 Å². The number of nitrogens with one attached hydrogen (secondary N) is 1. The van der Waals surface area contributed by atoms with E-state index >= 15 is 0 Å². The number of rotatable bonds is 8. The number of alkyl halides is 2. The first kappa shape index (κ1) is 16.1. The Hall–Kier alpha value is -1.00. The molecule has 2 nitrogen and oxygen atoms in total. The van der Waals surface area contributed by atoms with E-state index in [1.54, 1.807) is 0 Å². The Kier molecular flexibility index (Phi) is 6.38. The Bertz CT molecular complexity index is 365. The van der Waals surface area contributed by atoms with E-state index in [4.69, 9.17) is 5.11 Å². The second-order valence-corrected chi connectivity index (χ2v) is 4.96. The molecular weight excluding hydrogens is 248 g/mol. The second kappa shape index (κ2) is 7.56. The first-order valence-electron chi connectivity index (χ1n) is 6.79. The molecule has 108 valence electrons. The van der Waals surface area contributed by atoms with Crippen molar-refractivity contribution >= 4 is 0 Å². The van der Waals surface area contributed by atoms with Gasteiger partial charge in [-0.05, 0) is 30.9 Å². The Morgan fingerprint density at radius 3 is 2.42 bits per heavy atom. The van der Waals surface area contributed by atoms with Gasteiger partial charge in [0.1, 0.15) is 6.61 Å². The minimum atomic E-state index is -3.06. The van der Waals surface area contributed by atoms with Gasteiger partial charge in [-0.25, -0.2) is 8.78 Å². The first-order chi connectivity index (χ1) is 8.98. The molecule has 1 rings (SSSR count). The van der Waals surface area contributed by atoms with Crippen LogP contribution in [0.3, 0.4) is 0 Å². The van der Waals surface area contributed by atoms with Gasteiger partial charge in [0.2, 0.25) is 0 Å². The van der Waals surface area contributed by atoms with E-state index in [1.165, 1.54) is 5.56 Å². The highest BCUT2D eigenvalue weighted by atomic mass is 19.3. The molecule has 2 N–H and O–H groups in total. The highest BCUT2D eigenvalue weighted by Gasteiger charge is 2.27. The van der Waals surface area contributed by atoms with Crippen LogP contribution < -0.4 is 5.32 Å². The number of benzene rings is 1. The largest absolute Gasteiger partial charge is 0.390 e. The van der Waals surface area contributed by atoms with Crippen LogP contribution in [0.4, 0.5) is 8.78 Å². The van der Waals surface area contributed by atoms with Crippen LogP contribution in [0.5, 0.6) is 0 Å². The molecular formula is C15H23F2NO. The van der Waals surface area contributed by atoms with Crippen molar-refractivity contribution in [2.24, 2.45) is 0 Å². The number of unbranched alkanes of at least 4 members (excludes halogenated alkanes) is 1. The van der Waals surface area contributed by atoms with Gasteiger partial charge in [-0.1, -0.05) is 37.6 Å². The monoisotopic (exact) mass is 271 g/mol. The van der Waals surface area contributed by atoms with Crippen molar-refractivity contribution in [1.29, 1.82) is 0 Å². The fraction of sp³-hybridized carbons (Fsp3) is 0.600. The van der Waals surface area contributed by atoms with E-state index in [0.29, 0.717) is 0 Å². The second-order valence-electron chi connectivity index (χ2n) is 4.96. The Morgan fingerprint density at radius 1 is 1.26 bits per heavy atom. The molecule has 0 aliphatic carbocycles. The molecule has 0 heterocycles. The van der Waals surface area contributed by atoms with Crippen LogP contribution in [-0.4, -0.2) is 24.2 Å². The lowest BCUT2D eigenvalue weighted by molar-refractivity contribution is -0.0490. The smallest absolute Gasteiger partial charge is 0.282 e.